The first-order chi connectivity index (χ1) is 25.4. The molecule has 1 saturated carbocycles. The van der Waals surface area contributed by atoms with Gasteiger partial charge in [-0.3, -0.25) is 9.59 Å². The Labute approximate surface area is 301 Å². The molecule has 1 fully saturated rings. The molecule has 1 aliphatic rings. The van der Waals surface area contributed by atoms with Crippen LogP contribution in [0.4, 0.5) is 5.69 Å². The Balaban J connectivity index is 1.15. The van der Waals surface area contributed by atoms with Crippen LogP contribution in [-0.2, 0) is 22.6 Å². The van der Waals surface area contributed by atoms with Gasteiger partial charge in [-0.2, -0.15) is 5.10 Å². The smallest absolute Gasteiger partial charge is 0.328 e. The Morgan fingerprint density at radius 1 is 0.885 bits per heavy atom. The molecule has 2 heterocycles. The summed E-state index contributed by atoms with van der Waals surface area (Å²) in [6.07, 6.45) is 12.1. The zero-order valence-corrected chi connectivity index (χ0v) is 28.7. The highest BCUT2D eigenvalue weighted by Crippen LogP contribution is 2.38. The minimum atomic E-state index is -1.05. The normalized spacial score (nSPS) is 14.0. The Morgan fingerprint density at radius 3 is 2.35 bits per heavy atom. The molecule has 3 N–H and O–H groups in total. The molecule has 6 aromatic rings. The van der Waals surface area contributed by atoms with E-state index in [2.05, 4.69) is 27.8 Å². The zero-order valence-electron chi connectivity index (χ0n) is 28.7. The number of carbonyl (C=O) groups excluding carboxylic acids is 2. The van der Waals surface area contributed by atoms with Crippen LogP contribution in [0.1, 0.15) is 70.9 Å². The third-order valence-corrected chi connectivity index (χ3v) is 9.49. The molecule has 0 unspecified atom stereocenters. The third kappa shape index (κ3) is 8.18. The van der Waals surface area contributed by atoms with E-state index >= 15 is 0 Å². The van der Waals surface area contributed by atoms with Crippen LogP contribution >= 0.6 is 0 Å². The van der Waals surface area contributed by atoms with Gasteiger partial charge < -0.3 is 20.3 Å². The topological polar surface area (TPSA) is 131 Å². The number of hydrogen-bond acceptors (Lipinski definition) is 5. The third-order valence-electron chi connectivity index (χ3n) is 9.49. The molecule has 0 bridgehead atoms. The van der Waals surface area contributed by atoms with Crippen molar-refractivity contribution in [3.05, 3.63) is 150 Å². The summed E-state index contributed by atoms with van der Waals surface area (Å²) >= 11 is 0. The van der Waals surface area contributed by atoms with Gasteiger partial charge in [-0.15, -0.1) is 0 Å². The number of carboxylic acids is 1. The number of aliphatic carboxylic acids is 1. The van der Waals surface area contributed by atoms with E-state index in [1.54, 1.807) is 30.6 Å². The van der Waals surface area contributed by atoms with E-state index < -0.39 is 23.8 Å². The largest absolute Gasteiger partial charge is 0.478 e. The summed E-state index contributed by atoms with van der Waals surface area (Å²) in [4.78, 5) is 43.2. The van der Waals surface area contributed by atoms with Gasteiger partial charge in [0, 0.05) is 47.8 Å². The number of nitrogens with zero attached hydrogens (tertiary/aromatic N) is 4. The summed E-state index contributed by atoms with van der Waals surface area (Å²) in [5, 5.41) is 20.9. The lowest BCUT2D eigenvalue weighted by atomic mass is 9.85. The van der Waals surface area contributed by atoms with Gasteiger partial charge in [-0.25, -0.2) is 14.5 Å². The van der Waals surface area contributed by atoms with Crippen LogP contribution in [0.15, 0.2) is 122 Å². The minimum absolute atomic E-state index is 0.162. The van der Waals surface area contributed by atoms with Crippen LogP contribution in [0.5, 0.6) is 0 Å². The fourth-order valence-corrected chi connectivity index (χ4v) is 6.91. The number of benzene rings is 4. The van der Waals surface area contributed by atoms with Gasteiger partial charge in [-0.1, -0.05) is 86.0 Å². The second kappa shape index (κ2) is 15.7. The molecule has 0 saturated heterocycles. The number of imidazole rings is 1. The molecule has 2 aromatic heterocycles. The van der Waals surface area contributed by atoms with Gasteiger partial charge >= 0.3 is 5.97 Å². The molecular formula is C42H40N6O4. The molecular weight excluding hydrogens is 652 g/mol. The number of anilines is 1. The van der Waals surface area contributed by atoms with E-state index in [9.17, 15) is 14.4 Å². The van der Waals surface area contributed by atoms with Crippen molar-refractivity contribution in [1.29, 1.82) is 0 Å². The number of amides is 2. The molecule has 10 heteroatoms. The van der Waals surface area contributed by atoms with Gasteiger partial charge in [0.1, 0.15) is 6.04 Å². The van der Waals surface area contributed by atoms with E-state index in [0.717, 1.165) is 41.1 Å². The molecule has 262 valence electrons. The lowest BCUT2D eigenvalue weighted by Gasteiger charge is -2.23. The van der Waals surface area contributed by atoms with Crippen LogP contribution in [-0.4, -0.2) is 48.3 Å². The highest BCUT2D eigenvalue weighted by molar-refractivity contribution is 6.03. The summed E-state index contributed by atoms with van der Waals surface area (Å²) in [5.74, 6) is -1.46. The van der Waals surface area contributed by atoms with Crippen LogP contribution < -0.4 is 10.6 Å². The Morgan fingerprint density at radius 2 is 1.62 bits per heavy atom. The van der Waals surface area contributed by atoms with Crippen LogP contribution in [0, 0.1) is 0 Å². The number of carbonyl (C=O) groups is 3. The summed E-state index contributed by atoms with van der Waals surface area (Å²) in [6.45, 7) is 0.623. The number of carboxylic acid groups (broad SMARTS) is 1. The molecule has 1 aliphatic carbocycles. The number of rotatable bonds is 12. The van der Waals surface area contributed by atoms with Gasteiger partial charge in [0.25, 0.3) is 5.91 Å². The average molecular weight is 693 g/mol. The van der Waals surface area contributed by atoms with Crippen molar-refractivity contribution in [2.75, 3.05) is 5.32 Å². The second-order valence-corrected chi connectivity index (χ2v) is 13.2. The standard InChI is InChI=1S/C42H40N6O4/c49-39(50)23-18-29-16-20-33(21-17-29)44-42(52)38(25-34-27-47(28-43-34)26-30-10-4-1-5-11-30)45-41(51)32-19-22-36-37(24-32)46-48(35-14-8-3-9-15-35)40(36)31-12-6-2-7-13-31/h1,3-5,8-11,14-24,27-28,31,38H,2,6-7,12-13,25-26H2,(H,44,52)(H,45,51)(H,49,50)/t38-/m0/s1. The Hall–Kier alpha value is -6.29. The average Bonchev–Trinajstić information content (AvgIpc) is 3.79. The first kappa shape index (κ1) is 34.2. The lowest BCUT2D eigenvalue weighted by molar-refractivity contribution is -0.131. The molecule has 1 atom stereocenters. The highest BCUT2D eigenvalue weighted by Gasteiger charge is 2.26. The molecule has 0 radical (unpaired) electrons. The quantitative estimate of drug-likeness (QED) is 0.115. The Bertz CT molecular complexity index is 2200. The maximum absolute atomic E-state index is 13.9. The van der Waals surface area contributed by atoms with E-state index in [1.165, 1.54) is 31.0 Å². The predicted octanol–water partition coefficient (Wildman–Crippen LogP) is 7.40. The molecule has 10 nitrogen and oxygen atoms in total. The van der Waals surface area contributed by atoms with Crippen molar-refractivity contribution in [3.8, 4) is 5.69 Å². The lowest BCUT2D eigenvalue weighted by Crippen LogP contribution is -2.45. The van der Waals surface area contributed by atoms with Crippen molar-refractivity contribution in [2.24, 2.45) is 0 Å². The molecule has 52 heavy (non-hydrogen) atoms. The summed E-state index contributed by atoms with van der Waals surface area (Å²) < 4.78 is 3.98. The zero-order chi connectivity index (χ0) is 35.9. The number of nitrogens with one attached hydrogen (secondary N) is 2. The summed E-state index contributed by atoms with van der Waals surface area (Å²) in [5.41, 5.74) is 6.25. The molecule has 7 rings (SSSR count). The summed E-state index contributed by atoms with van der Waals surface area (Å²) in [6, 6.07) is 31.6. The summed E-state index contributed by atoms with van der Waals surface area (Å²) in [7, 11) is 0. The fourth-order valence-electron chi connectivity index (χ4n) is 6.91. The molecule has 2 amide bonds. The van der Waals surface area contributed by atoms with Crippen molar-refractivity contribution in [1.82, 2.24) is 24.6 Å². The van der Waals surface area contributed by atoms with Gasteiger partial charge in [0.15, 0.2) is 0 Å². The van der Waals surface area contributed by atoms with Crippen molar-refractivity contribution in [3.63, 3.8) is 0 Å². The second-order valence-electron chi connectivity index (χ2n) is 13.2. The Kier molecular flexibility index (Phi) is 10.3. The van der Waals surface area contributed by atoms with Gasteiger partial charge in [0.2, 0.25) is 5.91 Å². The van der Waals surface area contributed by atoms with E-state index in [0.29, 0.717) is 35.0 Å². The number of hydrogen-bond donors (Lipinski definition) is 3. The predicted molar refractivity (Wildman–Crippen MR) is 201 cm³/mol. The first-order valence-corrected chi connectivity index (χ1v) is 17.6. The van der Waals surface area contributed by atoms with Gasteiger partial charge in [-0.05, 0) is 66.4 Å². The number of para-hydroxylation sites is 1. The van der Waals surface area contributed by atoms with Crippen molar-refractivity contribution in [2.45, 2.75) is 57.0 Å². The maximum atomic E-state index is 13.9. The van der Waals surface area contributed by atoms with E-state index in [1.807, 2.05) is 82.2 Å². The van der Waals surface area contributed by atoms with Crippen molar-refractivity contribution < 1.29 is 19.5 Å². The van der Waals surface area contributed by atoms with Crippen molar-refractivity contribution >= 4 is 40.4 Å². The van der Waals surface area contributed by atoms with E-state index in [4.69, 9.17) is 10.2 Å². The van der Waals surface area contributed by atoms with E-state index in [-0.39, 0.29) is 6.42 Å². The SMILES string of the molecule is O=C(O)C=Cc1ccc(NC(=O)[C@H](Cc2cn(Cc3ccccc3)cn2)NC(=O)c2ccc3c(C4CCCCC4)n(-c4ccccc4)nc3c2)cc1. The maximum Gasteiger partial charge on any atom is 0.328 e. The highest BCUT2D eigenvalue weighted by atomic mass is 16.4. The monoisotopic (exact) mass is 692 g/mol. The minimum Gasteiger partial charge on any atom is -0.478 e. The molecule has 4 aromatic carbocycles. The molecule has 0 aliphatic heterocycles. The van der Waals surface area contributed by atoms with Crippen LogP contribution in [0.2, 0.25) is 0 Å². The fraction of sp³-hybridized carbons (Fsp3) is 0.214. The first-order valence-electron chi connectivity index (χ1n) is 17.6. The number of fused-ring (bicyclic) bond motifs is 1. The number of aromatic nitrogens is 4. The van der Waals surface area contributed by atoms with Crippen LogP contribution in [0.25, 0.3) is 22.7 Å². The van der Waals surface area contributed by atoms with Gasteiger partial charge in [0.05, 0.1) is 28.9 Å². The van der Waals surface area contributed by atoms with Crippen LogP contribution in [0.3, 0.4) is 0 Å². The molecule has 0 spiro atoms.